The minimum Gasteiger partial charge on any atom is -0.477 e. The number of quaternary nitrogens is 1. The topological polar surface area (TPSA) is 186 Å². The van der Waals surface area contributed by atoms with Gasteiger partial charge in [-0.3, -0.25) is 9.11 Å². The molecule has 13 heteroatoms. The molecule has 0 fully saturated rings. The zero-order valence-electron chi connectivity index (χ0n) is 23.4. The maximum absolute atomic E-state index is 12.8. The minimum absolute atomic E-state index is 0.163. The molecule has 0 aromatic heterocycles. The van der Waals surface area contributed by atoms with E-state index < -0.39 is 68.3 Å². The van der Waals surface area contributed by atoms with E-state index in [1.54, 1.807) is 14.1 Å². The van der Waals surface area contributed by atoms with Gasteiger partial charge >= 0.3 is 5.97 Å². The van der Waals surface area contributed by atoms with Crippen LogP contribution in [0, 0.1) is 11.8 Å². The van der Waals surface area contributed by atoms with Crippen molar-refractivity contribution in [3.05, 3.63) is 0 Å². The molecule has 5 N–H and O–H groups in total. The Kier molecular flexibility index (Phi) is 17.4. The normalized spacial score (nSPS) is 16.2. The Hall–Kier alpha value is -0.830. The Balaban J connectivity index is 5.53. The van der Waals surface area contributed by atoms with Gasteiger partial charge in [0.2, 0.25) is 0 Å². The number of rotatable bonds is 24. The Morgan fingerprint density at radius 1 is 0.711 bits per heavy atom. The maximum Gasteiger partial charge on any atom is 0.365 e. The summed E-state index contributed by atoms with van der Waals surface area (Å²) in [7, 11) is -5.76. The third-order valence-corrected chi connectivity index (χ3v) is 9.32. The van der Waals surface area contributed by atoms with E-state index in [1.165, 1.54) is 38.5 Å². The number of likely N-dealkylation sites (N-methyl/N-ethyl adjacent to an activating group) is 1. The van der Waals surface area contributed by atoms with Gasteiger partial charge in [0, 0.05) is 37.9 Å². The molecule has 228 valence electrons. The predicted octanol–water partition coefficient (Wildman–Crippen LogP) is 2.97. The monoisotopic (exact) mass is 590 g/mol. The van der Waals surface area contributed by atoms with Crippen molar-refractivity contribution in [2.24, 2.45) is 11.8 Å². The molecule has 38 heavy (non-hydrogen) atoms. The lowest BCUT2D eigenvalue weighted by Crippen LogP contribution is -2.66. The van der Waals surface area contributed by atoms with Crippen LogP contribution in [0.5, 0.6) is 0 Å². The second-order valence-electron chi connectivity index (χ2n) is 11.3. The molecular formula is C25H52NO10S2+. The SMILES string of the molecule is CCCCCCCCCCCCC[N+](C)(C)C(CC(CO)CS(=O)(=O)O)(CC(CO)CS(=O)(=O)O)C(=O)O. The molecule has 0 aromatic carbocycles. The lowest BCUT2D eigenvalue weighted by molar-refractivity contribution is -0.934. The summed E-state index contributed by atoms with van der Waals surface area (Å²) in [5, 5.41) is 30.0. The first-order valence-corrected chi connectivity index (χ1v) is 16.9. The molecule has 0 heterocycles. The summed E-state index contributed by atoms with van der Waals surface area (Å²) < 4.78 is 64.4. The largest absolute Gasteiger partial charge is 0.477 e. The van der Waals surface area contributed by atoms with Crippen molar-refractivity contribution in [1.82, 2.24) is 0 Å². The van der Waals surface area contributed by atoms with Gasteiger partial charge in [-0.15, -0.1) is 0 Å². The lowest BCUT2D eigenvalue weighted by Gasteiger charge is -2.48. The highest BCUT2D eigenvalue weighted by Crippen LogP contribution is 2.37. The van der Waals surface area contributed by atoms with E-state index in [9.17, 15) is 46.1 Å². The van der Waals surface area contributed by atoms with Crippen LogP contribution in [0.4, 0.5) is 0 Å². The standard InChI is InChI=1S/C25H51NO10S2/c1-4-5-6-7-8-9-10-11-12-13-14-15-26(2,3)25(24(29)30,16-22(18-27)20-37(31,32)33)17-23(19-28)21-38(34,35)36/h22-23,27-28H,4-21H2,1-3H3,(H2-,29,30,31,32,33,34,35,36)/p+1. The second kappa shape index (κ2) is 17.8. The summed E-state index contributed by atoms with van der Waals surface area (Å²) in [5.41, 5.74) is -1.80. The molecule has 0 rings (SSSR count). The van der Waals surface area contributed by atoms with Crippen LogP contribution in [0.15, 0.2) is 0 Å². The average molecular weight is 591 g/mol. The molecule has 2 unspecified atom stereocenters. The Morgan fingerprint density at radius 3 is 1.34 bits per heavy atom. The number of carboxylic acids is 1. The first-order chi connectivity index (χ1) is 17.5. The molecule has 0 aromatic rings. The van der Waals surface area contributed by atoms with E-state index in [1.807, 2.05) is 0 Å². The summed E-state index contributed by atoms with van der Waals surface area (Å²) in [6, 6.07) is 0. The number of carbonyl (C=O) groups is 1. The molecule has 0 aliphatic carbocycles. The number of hydrogen-bond acceptors (Lipinski definition) is 7. The van der Waals surface area contributed by atoms with Crippen molar-refractivity contribution < 1.29 is 50.5 Å². The van der Waals surface area contributed by atoms with Gasteiger partial charge in [-0.25, -0.2) is 4.79 Å². The van der Waals surface area contributed by atoms with Crippen LogP contribution in [0.2, 0.25) is 0 Å². The van der Waals surface area contributed by atoms with Crippen LogP contribution in [0.25, 0.3) is 0 Å². The molecule has 2 atom stereocenters. The van der Waals surface area contributed by atoms with Crippen LogP contribution in [-0.2, 0) is 25.0 Å². The number of aliphatic carboxylic acids is 1. The molecule has 0 radical (unpaired) electrons. The van der Waals surface area contributed by atoms with Gasteiger partial charge in [-0.05, 0) is 12.8 Å². The van der Waals surface area contributed by atoms with Gasteiger partial charge in [0.05, 0.1) is 32.1 Å². The zero-order valence-corrected chi connectivity index (χ0v) is 25.1. The Bertz CT molecular complexity index is 831. The summed E-state index contributed by atoms with van der Waals surface area (Å²) in [6.45, 7) is 1.14. The fourth-order valence-corrected chi connectivity index (χ4v) is 6.94. The van der Waals surface area contributed by atoms with Gasteiger partial charge in [0.25, 0.3) is 20.2 Å². The van der Waals surface area contributed by atoms with Crippen LogP contribution in [0.3, 0.4) is 0 Å². The van der Waals surface area contributed by atoms with E-state index in [0.29, 0.717) is 13.0 Å². The third kappa shape index (κ3) is 15.1. The molecule has 0 spiro atoms. The number of unbranched alkanes of at least 4 members (excludes halogenated alkanes) is 10. The van der Waals surface area contributed by atoms with E-state index in [2.05, 4.69) is 6.92 Å². The molecule has 0 saturated heterocycles. The summed E-state index contributed by atoms with van der Waals surface area (Å²) in [4.78, 5) is 12.8. The van der Waals surface area contributed by atoms with E-state index in [-0.39, 0.29) is 17.3 Å². The van der Waals surface area contributed by atoms with Crippen LogP contribution >= 0.6 is 0 Å². The molecular weight excluding hydrogens is 538 g/mol. The minimum atomic E-state index is -4.53. The third-order valence-electron chi connectivity index (χ3n) is 7.54. The number of hydrogen-bond donors (Lipinski definition) is 5. The number of carboxylic acid groups (broad SMARTS) is 1. The predicted molar refractivity (Wildman–Crippen MR) is 147 cm³/mol. The molecule has 0 bridgehead atoms. The van der Waals surface area contributed by atoms with Gasteiger partial charge < -0.3 is 19.8 Å². The molecule has 0 amide bonds. The van der Waals surface area contributed by atoms with Gasteiger partial charge in [-0.1, -0.05) is 64.7 Å². The summed E-state index contributed by atoms with van der Waals surface area (Å²) >= 11 is 0. The number of aliphatic hydroxyl groups excluding tert-OH is 2. The number of aliphatic hydroxyl groups is 2. The summed E-state index contributed by atoms with van der Waals surface area (Å²) in [5.74, 6) is -5.34. The van der Waals surface area contributed by atoms with Crippen LogP contribution in [0.1, 0.15) is 90.4 Å². The van der Waals surface area contributed by atoms with Crippen molar-refractivity contribution in [3.63, 3.8) is 0 Å². The highest BCUT2D eigenvalue weighted by Gasteiger charge is 2.55. The van der Waals surface area contributed by atoms with E-state index in [4.69, 9.17) is 0 Å². The quantitative estimate of drug-likeness (QED) is 0.0635. The van der Waals surface area contributed by atoms with Crippen LogP contribution in [-0.4, -0.2) is 103 Å². The fourth-order valence-electron chi connectivity index (χ4n) is 5.30. The molecule has 0 saturated carbocycles. The second-order valence-corrected chi connectivity index (χ2v) is 14.3. The lowest BCUT2D eigenvalue weighted by atomic mass is 9.78. The zero-order chi connectivity index (χ0) is 29.5. The van der Waals surface area contributed by atoms with Gasteiger partial charge in [0.1, 0.15) is 0 Å². The number of nitrogens with zero attached hydrogens (tertiary/aromatic N) is 1. The van der Waals surface area contributed by atoms with E-state index in [0.717, 1.165) is 25.7 Å². The van der Waals surface area contributed by atoms with Crippen molar-refractivity contribution in [1.29, 1.82) is 0 Å². The Morgan fingerprint density at radius 2 is 1.05 bits per heavy atom. The smallest absolute Gasteiger partial charge is 0.365 e. The molecule has 11 nitrogen and oxygen atoms in total. The van der Waals surface area contributed by atoms with Crippen molar-refractivity contribution in [3.8, 4) is 0 Å². The fraction of sp³-hybridized carbons (Fsp3) is 0.960. The van der Waals surface area contributed by atoms with Gasteiger partial charge in [0.15, 0.2) is 5.54 Å². The van der Waals surface area contributed by atoms with Gasteiger partial charge in [-0.2, -0.15) is 16.8 Å². The highest BCUT2D eigenvalue weighted by molar-refractivity contribution is 7.86. The van der Waals surface area contributed by atoms with Crippen molar-refractivity contribution in [2.45, 2.75) is 95.9 Å². The molecule has 0 aliphatic rings. The van der Waals surface area contributed by atoms with Crippen molar-refractivity contribution >= 4 is 26.2 Å². The van der Waals surface area contributed by atoms with E-state index >= 15 is 0 Å². The van der Waals surface area contributed by atoms with Crippen LogP contribution < -0.4 is 0 Å². The first kappa shape index (κ1) is 37.2. The maximum atomic E-state index is 12.8. The Labute approximate surface area is 229 Å². The average Bonchev–Trinajstić information content (AvgIpc) is 2.78. The highest BCUT2D eigenvalue weighted by atomic mass is 32.2. The molecule has 0 aliphatic heterocycles. The first-order valence-electron chi connectivity index (χ1n) is 13.7. The summed E-state index contributed by atoms with van der Waals surface area (Å²) in [6.07, 6.45) is 11.4. The van der Waals surface area contributed by atoms with Crippen molar-refractivity contribution in [2.75, 3.05) is 45.4 Å².